The molecule has 2 bridgehead atoms. The predicted octanol–water partition coefficient (Wildman–Crippen LogP) is 4.72. The van der Waals surface area contributed by atoms with E-state index in [4.69, 9.17) is 4.74 Å². The van der Waals surface area contributed by atoms with E-state index in [9.17, 15) is 19.5 Å². The second kappa shape index (κ2) is 13.6. The third-order valence-corrected chi connectivity index (χ3v) is 10.9. The highest BCUT2D eigenvalue weighted by Gasteiger charge is 2.80. The van der Waals surface area contributed by atoms with E-state index in [1.807, 2.05) is 42.2 Å². The van der Waals surface area contributed by atoms with E-state index in [2.05, 4.69) is 20.1 Å². The number of ether oxygens (including phenoxy) is 1. The van der Waals surface area contributed by atoms with Crippen molar-refractivity contribution in [1.29, 1.82) is 0 Å². The fourth-order valence-electron chi connectivity index (χ4n) is 8.70. The van der Waals surface area contributed by atoms with Crippen LogP contribution >= 0.6 is 0 Å². The Balaban J connectivity index is 1.54. The number of aliphatic hydroxyl groups excluding tert-OH is 1. The van der Waals surface area contributed by atoms with Gasteiger partial charge in [-0.3, -0.25) is 14.4 Å². The molecule has 8 nitrogen and oxygen atoms in total. The molecule has 3 amide bonds. The Labute approximate surface area is 263 Å². The lowest BCUT2D eigenvalue weighted by atomic mass is 9.62. The topological polar surface area (TPSA) is 90.4 Å². The van der Waals surface area contributed by atoms with Crippen LogP contribution in [-0.2, 0) is 25.7 Å². The van der Waals surface area contributed by atoms with E-state index in [-0.39, 0.29) is 36.3 Å². The molecule has 4 aliphatic rings. The molecule has 240 valence electrons. The summed E-state index contributed by atoms with van der Waals surface area (Å²) in [6.45, 7) is 13.6. The molecule has 5 rings (SSSR count). The van der Waals surface area contributed by atoms with Gasteiger partial charge in [-0.1, -0.05) is 68.7 Å². The second-order valence-electron chi connectivity index (χ2n) is 13.6. The molecule has 3 saturated heterocycles. The summed E-state index contributed by atoms with van der Waals surface area (Å²) in [6.07, 6.45) is 11.3. The van der Waals surface area contributed by atoms with Crippen LogP contribution in [-0.4, -0.2) is 87.1 Å². The zero-order valence-electron chi connectivity index (χ0n) is 26.7. The molecule has 1 aromatic rings. The van der Waals surface area contributed by atoms with Crippen LogP contribution in [0.2, 0.25) is 0 Å². The van der Waals surface area contributed by atoms with Gasteiger partial charge < -0.3 is 24.5 Å². The minimum atomic E-state index is -1.07. The van der Waals surface area contributed by atoms with Crippen molar-refractivity contribution >= 4 is 17.7 Å². The minimum Gasteiger partial charge on any atom is -0.396 e. The average molecular weight is 606 g/mol. The Bertz CT molecular complexity index is 1220. The fraction of sp³-hybridized carbons (Fsp3) is 0.639. The standard InChI is InChI=1S/C36H51N3O5/c1-5-20-37(25-27-16-10-7-11-17-27)32(41)29-30-33(42)39(22-14-9-15-23-40)31(36(30)24-26(3)35(29,4)44-36)34(43)38(21-6-2)28-18-12-8-13-19-28/h5-7,10-11,16-17,26,28-31,40H,1-2,8-9,12-15,18-25H2,3-4H3/t26?,29-,30-,31?,35+,36?/m0/s1. The number of unbranched alkanes of at least 4 members (excludes halogenated alkanes) is 2. The third kappa shape index (κ3) is 5.64. The highest BCUT2D eigenvalue weighted by molar-refractivity contribution is 5.99. The van der Waals surface area contributed by atoms with E-state index in [1.54, 1.807) is 22.0 Å². The van der Waals surface area contributed by atoms with Crippen LogP contribution in [0.4, 0.5) is 0 Å². The Morgan fingerprint density at radius 3 is 2.41 bits per heavy atom. The summed E-state index contributed by atoms with van der Waals surface area (Å²) >= 11 is 0. The molecule has 1 N–H and O–H groups in total. The first-order valence-corrected chi connectivity index (χ1v) is 16.7. The van der Waals surface area contributed by atoms with Crippen molar-refractivity contribution in [2.45, 2.75) is 101 Å². The van der Waals surface area contributed by atoms with Crippen molar-refractivity contribution in [3.05, 3.63) is 61.2 Å². The smallest absolute Gasteiger partial charge is 0.248 e. The van der Waals surface area contributed by atoms with E-state index in [0.29, 0.717) is 45.4 Å². The number of carbonyl (C=O) groups is 3. The normalized spacial score (nSPS) is 31.2. The second-order valence-corrected chi connectivity index (χ2v) is 13.6. The van der Waals surface area contributed by atoms with Crippen LogP contribution in [0.3, 0.4) is 0 Å². The van der Waals surface area contributed by atoms with Gasteiger partial charge in [-0.25, -0.2) is 0 Å². The van der Waals surface area contributed by atoms with Crippen molar-refractivity contribution in [3.63, 3.8) is 0 Å². The number of hydrogen-bond acceptors (Lipinski definition) is 5. The quantitative estimate of drug-likeness (QED) is 0.245. The number of benzene rings is 1. The molecule has 1 aromatic carbocycles. The maximum Gasteiger partial charge on any atom is 0.248 e. The van der Waals surface area contributed by atoms with Crippen molar-refractivity contribution < 1.29 is 24.2 Å². The monoisotopic (exact) mass is 605 g/mol. The number of likely N-dealkylation sites (tertiary alicyclic amines) is 1. The van der Waals surface area contributed by atoms with Crippen molar-refractivity contribution in [1.82, 2.24) is 14.7 Å². The summed E-state index contributed by atoms with van der Waals surface area (Å²) in [5.74, 6) is -1.80. The number of aliphatic hydroxyl groups is 1. The van der Waals surface area contributed by atoms with E-state index in [1.165, 1.54) is 6.42 Å². The molecular weight excluding hydrogens is 554 g/mol. The lowest BCUT2D eigenvalue weighted by molar-refractivity contribution is -0.156. The van der Waals surface area contributed by atoms with Crippen molar-refractivity contribution in [2.24, 2.45) is 17.8 Å². The molecule has 1 aliphatic carbocycles. The lowest BCUT2D eigenvalue weighted by Crippen LogP contribution is -2.58. The highest BCUT2D eigenvalue weighted by atomic mass is 16.5. The summed E-state index contributed by atoms with van der Waals surface area (Å²) in [6, 6.07) is 9.17. The first kappa shape index (κ1) is 32.4. The zero-order valence-corrected chi connectivity index (χ0v) is 26.7. The molecule has 1 spiro atoms. The molecule has 1 saturated carbocycles. The first-order chi connectivity index (χ1) is 21.2. The van der Waals surface area contributed by atoms with Gasteiger partial charge in [-0.2, -0.15) is 0 Å². The van der Waals surface area contributed by atoms with Gasteiger partial charge in [0.05, 0.1) is 17.4 Å². The number of nitrogens with zero attached hydrogens (tertiary/aromatic N) is 3. The molecule has 3 aliphatic heterocycles. The SMILES string of the molecule is C=CCN(Cc1ccccc1)C(=O)[C@@H]1[C@H]2C(=O)N(CCCCCO)C(C(=O)N(CC=C)C3CCCCC3)C23CC(C)[C@@]1(C)O3. The molecule has 0 radical (unpaired) electrons. The van der Waals surface area contributed by atoms with Crippen LogP contribution in [0, 0.1) is 17.8 Å². The average Bonchev–Trinajstić information content (AvgIpc) is 3.54. The summed E-state index contributed by atoms with van der Waals surface area (Å²) < 4.78 is 7.02. The van der Waals surface area contributed by atoms with Gasteiger partial charge in [0.25, 0.3) is 0 Å². The van der Waals surface area contributed by atoms with Gasteiger partial charge in [0.2, 0.25) is 17.7 Å². The van der Waals surface area contributed by atoms with Gasteiger partial charge in [0.15, 0.2) is 0 Å². The van der Waals surface area contributed by atoms with Gasteiger partial charge in [0.1, 0.15) is 11.6 Å². The molecule has 0 aromatic heterocycles. The third-order valence-electron chi connectivity index (χ3n) is 10.9. The molecule has 4 fully saturated rings. The summed E-state index contributed by atoms with van der Waals surface area (Å²) in [5, 5.41) is 9.38. The number of fused-ring (bicyclic) bond motifs is 1. The molecule has 3 unspecified atom stereocenters. The van der Waals surface area contributed by atoms with E-state index in [0.717, 1.165) is 37.7 Å². The Kier molecular flexibility index (Phi) is 10.0. The first-order valence-electron chi connectivity index (χ1n) is 16.7. The number of carbonyl (C=O) groups excluding carboxylic acids is 3. The van der Waals surface area contributed by atoms with Gasteiger partial charge in [-0.05, 0) is 56.9 Å². The number of hydrogen-bond donors (Lipinski definition) is 1. The molecule has 6 atom stereocenters. The predicted molar refractivity (Wildman–Crippen MR) is 170 cm³/mol. The van der Waals surface area contributed by atoms with Crippen LogP contribution in [0.25, 0.3) is 0 Å². The molecule has 8 heteroatoms. The summed E-state index contributed by atoms with van der Waals surface area (Å²) in [7, 11) is 0. The highest BCUT2D eigenvalue weighted by Crippen LogP contribution is 2.65. The van der Waals surface area contributed by atoms with Gasteiger partial charge in [0, 0.05) is 38.8 Å². The molecular formula is C36H51N3O5. The fourth-order valence-corrected chi connectivity index (χ4v) is 8.70. The van der Waals surface area contributed by atoms with E-state index >= 15 is 0 Å². The largest absolute Gasteiger partial charge is 0.396 e. The van der Waals surface area contributed by atoms with Crippen LogP contribution in [0.5, 0.6) is 0 Å². The molecule has 44 heavy (non-hydrogen) atoms. The summed E-state index contributed by atoms with van der Waals surface area (Å²) in [5.41, 5.74) is -0.938. The van der Waals surface area contributed by atoms with Crippen molar-refractivity contribution in [3.8, 4) is 0 Å². The minimum absolute atomic E-state index is 0.0185. The van der Waals surface area contributed by atoms with Crippen molar-refractivity contribution in [2.75, 3.05) is 26.2 Å². The Morgan fingerprint density at radius 2 is 1.75 bits per heavy atom. The maximum atomic E-state index is 14.8. The Morgan fingerprint density at radius 1 is 1.05 bits per heavy atom. The number of rotatable bonds is 14. The van der Waals surface area contributed by atoms with Gasteiger partial charge in [-0.15, -0.1) is 13.2 Å². The lowest BCUT2D eigenvalue weighted by Gasteiger charge is -2.41. The van der Waals surface area contributed by atoms with Crippen LogP contribution in [0.1, 0.15) is 77.2 Å². The molecule has 3 heterocycles. The van der Waals surface area contributed by atoms with Crippen LogP contribution in [0.15, 0.2) is 55.6 Å². The summed E-state index contributed by atoms with van der Waals surface area (Å²) in [4.78, 5) is 49.5. The number of amides is 3. The Hall–Kier alpha value is -2.97. The van der Waals surface area contributed by atoms with Crippen LogP contribution < -0.4 is 0 Å². The van der Waals surface area contributed by atoms with E-state index < -0.39 is 29.1 Å². The maximum absolute atomic E-state index is 14.8. The van der Waals surface area contributed by atoms with Gasteiger partial charge >= 0.3 is 0 Å². The zero-order chi connectivity index (χ0) is 31.5.